The molecule has 0 radical (unpaired) electrons. The number of nitrogens with one attached hydrogen (secondary N) is 2. The van der Waals surface area contributed by atoms with Crippen molar-refractivity contribution in [3.05, 3.63) is 0 Å². The van der Waals surface area contributed by atoms with E-state index in [-0.39, 0.29) is 0 Å². The van der Waals surface area contributed by atoms with E-state index >= 15 is 0 Å². The van der Waals surface area contributed by atoms with Crippen LogP contribution in [0.25, 0.3) is 0 Å². The summed E-state index contributed by atoms with van der Waals surface area (Å²) in [6, 6.07) is 1.09. The number of thiocarbonyl (C=S) groups is 1. The Labute approximate surface area is 109 Å². The second-order valence-electron chi connectivity index (χ2n) is 4.64. The molecule has 94 valence electrons. The first-order chi connectivity index (χ1) is 7.72. The summed E-state index contributed by atoms with van der Waals surface area (Å²) >= 11 is 7.22. The van der Waals surface area contributed by atoms with Crippen LogP contribution in [0.15, 0.2) is 0 Å². The van der Waals surface area contributed by atoms with Crippen LogP contribution in [-0.2, 0) is 0 Å². The van der Waals surface area contributed by atoms with Gasteiger partial charge in [-0.1, -0.05) is 19.3 Å². The monoisotopic (exact) mass is 260 g/mol. The fourth-order valence-corrected chi connectivity index (χ4v) is 3.02. The van der Waals surface area contributed by atoms with Crippen molar-refractivity contribution in [3.63, 3.8) is 0 Å². The van der Waals surface area contributed by atoms with Crippen molar-refractivity contribution in [2.24, 2.45) is 0 Å². The lowest BCUT2D eigenvalue weighted by Gasteiger charge is -2.25. The van der Waals surface area contributed by atoms with Gasteiger partial charge in [0, 0.05) is 12.1 Å². The number of rotatable bonds is 5. The molecule has 0 saturated heterocycles. The third-order valence-electron chi connectivity index (χ3n) is 3.07. The predicted molar refractivity (Wildman–Crippen MR) is 78.2 cm³/mol. The molecule has 0 amide bonds. The standard InChI is InChI=1S/C12H24N2S2/c1-10(8-9-16-2)13-12(15)14-11-6-4-3-5-7-11/h10-11H,3-9H2,1-2H3,(H2,13,14,15). The molecule has 4 heteroatoms. The van der Waals surface area contributed by atoms with E-state index in [2.05, 4.69) is 23.8 Å². The highest BCUT2D eigenvalue weighted by atomic mass is 32.2. The summed E-state index contributed by atoms with van der Waals surface area (Å²) in [5.41, 5.74) is 0. The number of thioether (sulfide) groups is 1. The molecule has 0 aliphatic heterocycles. The minimum atomic E-state index is 0.482. The fraction of sp³-hybridized carbons (Fsp3) is 0.917. The quantitative estimate of drug-likeness (QED) is 0.742. The summed E-state index contributed by atoms with van der Waals surface area (Å²) in [7, 11) is 0. The molecule has 16 heavy (non-hydrogen) atoms. The summed E-state index contributed by atoms with van der Waals surface area (Å²) < 4.78 is 0. The summed E-state index contributed by atoms with van der Waals surface area (Å²) in [4.78, 5) is 0. The smallest absolute Gasteiger partial charge is 0.166 e. The third kappa shape index (κ3) is 5.94. The molecule has 1 saturated carbocycles. The van der Waals surface area contributed by atoms with Gasteiger partial charge in [-0.3, -0.25) is 0 Å². The first kappa shape index (κ1) is 14.1. The molecule has 0 heterocycles. The molecule has 0 aromatic heterocycles. The van der Waals surface area contributed by atoms with E-state index in [1.807, 2.05) is 11.8 Å². The molecule has 2 nitrogen and oxygen atoms in total. The molecule has 0 bridgehead atoms. The lowest BCUT2D eigenvalue weighted by molar-refractivity contribution is 0.410. The van der Waals surface area contributed by atoms with Gasteiger partial charge in [-0.2, -0.15) is 11.8 Å². The normalized spacial score (nSPS) is 19.1. The van der Waals surface area contributed by atoms with Crippen molar-refractivity contribution in [2.75, 3.05) is 12.0 Å². The Bertz CT molecular complexity index is 203. The van der Waals surface area contributed by atoms with Crippen LogP contribution in [0.2, 0.25) is 0 Å². The van der Waals surface area contributed by atoms with Gasteiger partial charge in [0.2, 0.25) is 0 Å². The van der Waals surface area contributed by atoms with Crippen molar-refractivity contribution in [3.8, 4) is 0 Å². The van der Waals surface area contributed by atoms with E-state index in [1.54, 1.807) is 0 Å². The van der Waals surface area contributed by atoms with E-state index in [9.17, 15) is 0 Å². The highest BCUT2D eigenvalue weighted by Crippen LogP contribution is 2.17. The van der Waals surface area contributed by atoms with Gasteiger partial charge in [0.05, 0.1) is 0 Å². The molecule has 0 spiro atoms. The summed E-state index contributed by atoms with van der Waals surface area (Å²) in [5, 5.41) is 7.66. The highest BCUT2D eigenvalue weighted by molar-refractivity contribution is 7.98. The molecule has 0 aromatic rings. The Morgan fingerprint density at radius 2 is 2.06 bits per heavy atom. The van der Waals surface area contributed by atoms with Crippen LogP contribution in [0.3, 0.4) is 0 Å². The van der Waals surface area contributed by atoms with Crippen LogP contribution in [0.5, 0.6) is 0 Å². The van der Waals surface area contributed by atoms with E-state index in [1.165, 1.54) is 44.3 Å². The molecule has 1 rings (SSSR count). The Kier molecular flexibility index (Phi) is 7.21. The SMILES string of the molecule is CSCCC(C)NC(=S)NC1CCCCC1. The van der Waals surface area contributed by atoms with Gasteiger partial charge < -0.3 is 10.6 Å². The van der Waals surface area contributed by atoms with Gasteiger partial charge in [-0.25, -0.2) is 0 Å². The van der Waals surface area contributed by atoms with E-state index in [0.29, 0.717) is 12.1 Å². The van der Waals surface area contributed by atoms with Crippen molar-refractivity contribution < 1.29 is 0 Å². The fourth-order valence-electron chi connectivity index (χ4n) is 2.06. The Morgan fingerprint density at radius 3 is 2.69 bits per heavy atom. The number of hydrogen-bond donors (Lipinski definition) is 2. The summed E-state index contributed by atoms with van der Waals surface area (Å²) in [6.45, 7) is 2.20. The van der Waals surface area contributed by atoms with Gasteiger partial charge in [-0.15, -0.1) is 0 Å². The second-order valence-corrected chi connectivity index (χ2v) is 6.03. The molecule has 1 atom stereocenters. The molecule has 1 fully saturated rings. The molecule has 1 unspecified atom stereocenters. The molecule has 2 N–H and O–H groups in total. The average Bonchev–Trinajstić information content (AvgIpc) is 2.27. The van der Waals surface area contributed by atoms with Gasteiger partial charge >= 0.3 is 0 Å². The van der Waals surface area contributed by atoms with Crippen LogP contribution in [0.1, 0.15) is 45.4 Å². The minimum Gasteiger partial charge on any atom is -0.360 e. The van der Waals surface area contributed by atoms with Gasteiger partial charge in [0.25, 0.3) is 0 Å². The summed E-state index contributed by atoms with van der Waals surface area (Å²) in [5.74, 6) is 1.19. The van der Waals surface area contributed by atoms with Gasteiger partial charge in [-0.05, 0) is 50.4 Å². The zero-order chi connectivity index (χ0) is 11.8. The third-order valence-corrected chi connectivity index (χ3v) is 3.95. The van der Waals surface area contributed by atoms with E-state index in [0.717, 1.165) is 5.11 Å². The molecule has 1 aliphatic rings. The van der Waals surface area contributed by atoms with Gasteiger partial charge in [0.1, 0.15) is 0 Å². The first-order valence-corrected chi connectivity index (χ1v) is 8.08. The Morgan fingerprint density at radius 1 is 1.38 bits per heavy atom. The maximum Gasteiger partial charge on any atom is 0.166 e. The van der Waals surface area contributed by atoms with E-state index < -0.39 is 0 Å². The topological polar surface area (TPSA) is 24.1 Å². The van der Waals surface area contributed by atoms with Crippen LogP contribution in [0, 0.1) is 0 Å². The van der Waals surface area contributed by atoms with Crippen molar-refractivity contribution >= 4 is 29.1 Å². The van der Waals surface area contributed by atoms with Crippen LogP contribution in [-0.4, -0.2) is 29.2 Å². The second kappa shape index (κ2) is 8.18. The maximum atomic E-state index is 5.33. The molecular weight excluding hydrogens is 236 g/mol. The van der Waals surface area contributed by atoms with Gasteiger partial charge in [0.15, 0.2) is 5.11 Å². The Balaban J connectivity index is 2.13. The van der Waals surface area contributed by atoms with Crippen LogP contribution >= 0.6 is 24.0 Å². The van der Waals surface area contributed by atoms with Crippen LogP contribution in [0.4, 0.5) is 0 Å². The van der Waals surface area contributed by atoms with Crippen molar-refractivity contribution in [2.45, 2.75) is 57.5 Å². The molecule has 1 aliphatic carbocycles. The Hall–Kier alpha value is 0.0400. The lowest BCUT2D eigenvalue weighted by atomic mass is 9.96. The molecular formula is C12H24N2S2. The molecule has 0 aromatic carbocycles. The average molecular weight is 260 g/mol. The highest BCUT2D eigenvalue weighted by Gasteiger charge is 2.14. The zero-order valence-electron chi connectivity index (χ0n) is 10.4. The zero-order valence-corrected chi connectivity index (χ0v) is 12.1. The summed E-state index contributed by atoms with van der Waals surface area (Å²) in [6.07, 6.45) is 9.97. The lowest BCUT2D eigenvalue weighted by Crippen LogP contribution is -2.45. The largest absolute Gasteiger partial charge is 0.360 e. The van der Waals surface area contributed by atoms with E-state index in [4.69, 9.17) is 12.2 Å². The van der Waals surface area contributed by atoms with Crippen molar-refractivity contribution in [1.29, 1.82) is 0 Å². The maximum absolute atomic E-state index is 5.33. The predicted octanol–water partition coefficient (Wildman–Crippen LogP) is 2.92. The minimum absolute atomic E-state index is 0.482. The number of hydrogen-bond acceptors (Lipinski definition) is 2. The first-order valence-electron chi connectivity index (χ1n) is 6.28. The van der Waals surface area contributed by atoms with Crippen LogP contribution < -0.4 is 10.6 Å². The van der Waals surface area contributed by atoms with Crippen molar-refractivity contribution in [1.82, 2.24) is 10.6 Å².